The van der Waals surface area contributed by atoms with Crippen LogP contribution >= 0.6 is 22.9 Å². The Morgan fingerprint density at radius 2 is 2.12 bits per heavy atom. The second-order valence-corrected chi connectivity index (χ2v) is 6.36. The molecule has 2 aromatic carbocycles. The number of halogens is 1. The number of hydrogen-bond donors (Lipinski definition) is 1. The second kappa shape index (κ2) is 5.99. The third-order valence-corrected chi connectivity index (χ3v) is 4.46. The van der Waals surface area contributed by atoms with Gasteiger partial charge in [0.2, 0.25) is 0 Å². The lowest BCUT2D eigenvalue weighted by Crippen LogP contribution is -2.12. The molecule has 2 heterocycles. The summed E-state index contributed by atoms with van der Waals surface area (Å²) in [5, 5.41) is 14.9. The molecule has 1 amide bonds. The maximum Gasteiger partial charge on any atom is 0.257 e. The molecule has 0 aliphatic carbocycles. The molecule has 2 aromatic heterocycles. The molecule has 118 valence electrons. The van der Waals surface area contributed by atoms with Crippen molar-refractivity contribution in [2.75, 3.05) is 5.32 Å². The Kier molecular flexibility index (Phi) is 3.68. The minimum Gasteiger partial charge on any atom is -0.298 e. The van der Waals surface area contributed by atoms with E-state index in [0.29, 0.717) is 21.4 Å². The molecular formula is C15H9ClN6OS. The van der Waals surface area contributed by atoms with Gasteiger partial charge in [-0.05, 0) is 46.8 Å². The number of fused-ring (bicyclic) bond motifs is 1. The summed E-state index contributed by atoms with van der Waals surface area (Å²) in [5.41, 5.74) is 1.98. The zero-order valence-electron chi connectivity index (χ0n) is 12.0. The van der Waals surface area contributed by atoms with Gasteiger partial charge in [0.15, 0.2) is 5.13 Å². The van der Waals surface area contributed by atoms with E-state index in [2.05, 4.69) is 25.8 Å². The molecule has 9 heteroatoms. The van der Waals surface area contributed by atoms with Gasteiger partial charge in [-0.1, -0.05) is 29.0 Å². The van der Waals surface area contributed by atoms with Gasteiger partial charge in [0.25, 0.3) is 5.91 Å². The summed E-state index contributed by atoms with van der Waals surface area (Å²) in [6, 6.07) is 12.4. The Bertz CT molecular complexity index is 1030. The van der Waals surface area contributed by atoms with E-state index in [9.17, 15) is 4.79 Å². The molecule has 0 aliphatic rings. The van der Waals surface area contributed by atoms with Crippen LogP contribution in [0.3, 0.4) is 0 Å². The van der Waals surface area contributed by atoms with E-state index in [-0.39, 0.29) is 5.91 Å². The van der Waals surface area contributed by atoms with Gasteiger partial charge in [-0.25, -0.2) is 9.67 Å². The van der Waals surface area contributed by atoms with Gasteiger partial charge in [0.1, 0.15) is 6.33 Å². The van der Waals surface area contributed by atoms with Crippen LogP contribution in [0.25, 0.3) is 15.9 Å². The fraction of sp³-hybridized carbons (Fsp3) is 0. The van der Waals surface area contributed by atoms with Gasteiger partial charge in [-0.2, -0.15) is 0 Å². The molecular weight excluding hydrogens is 348 g/mol. The maximum absolute atomic E-state index is 12.4. The first-order valence-electron chi connectivity index (χ1n) is 6.90. The van der Waals surface area contributed by atoms with Gasteiger partial charge in [0, 0.05) is 10.6 Å². The standard InChI is InChI=1S/C15H9ClN6OS/c16-10-4-5-12-13(7-10)24-15(18-12)19-14(23)9-2-1-3-11(6-9)22-8-17-20-21-22/h1-8H,(H,18,19,23). The number of nitrogens with one attached hydrogen (secondary N) is 1. The number of tetrazole rings is 1. The monoisotopic (exact) mass is 356 g/mol. The Morgan fingerprint density at radius 3 is 2.96 bits per heavy atom. The lowest BCUT2D eigenvalue weighted by atomic mass is 10.2. The zero-order valence-corrected chi connectivity index (χ0v) is 13.6. The fourth-order valence-electron chi connectivity index (χ4n) is 2.19. The number of amides is 1. The number of hydrogen-bond acceptors (Lipinski definition) is 6. The first kappa shape index (κ1) is 14.7. The zero-order chi connectivity index (χ0) is 16.5. The van der Waals surface area contributed by atoms with Crippen LogP contribution in [0.1, 0.15) is 10.4 Å². The minimum atomic E-state index is -0.255. The molecule has 0 bridgehead atoms. The first-order chi connectivity index (χ1) is 11.7. The van der Waals surface area contributed by atoms with Crippen molar-refractivity contribution in [2.45, 2.75) is 0 Å². The number of carbonyl (C=O) groups excluding carboxylic acids is 1. The minimum absolute atomic E-state index is 0.255. The molecule has 0 saturated carbocycles. The molecule has 1 N–H and O–H groups in total. The molecule has 0 radical (unpaired) electrons. The number of benzene rings is 2. The predicted molar refractivity (Wildman–Crippen MR) is 91.7 cm³/mol. The van der Waals surface area contributed by atoms with Crippen LogP contribution in [0.5, 0.6) is 0 Å². The third kappa shape index (κ3) is 2.84. The summed E-state index contributed by atoms with van der Waals surface area (Å²) in [4.78, 5) is 16.8. The van der Waals surface area contributed by atoms with E-state index in [1.807, 2.05) is 18.2 Å². The molecule has 0 aliphatic heterocycles. The van der Waals surface area contributed by atoms with Crippen molar-refractivity contribution in [1.82, 2.24) is 25.2 Å². The van der Waals surface area contributed by atoms with E-state index in [1.165, 1.54) is 22.3 Å². The van der Waals surface area contributed by atoms with Crippen LogP contribution in [0.15, 0.2) is 48.8 Å². The normalized spacial score (nSPS) is 10.9. The SMILES string of the molecule is O=C(Nc1nc2ccc(Cl)cc2s1)c1cccc(-n2cnnn2)c1. The van der Waals surface area contributed by atoms with Gasteiger partial charge in [0.05, 0.1) is 15.9 Å². The molecule has 0 fully saturated rings. The molecule has 7 nitrogen and oxygen atoms in total. The van der Waals surface area contributed by atoms with Crippen LogP contribution in [0.2, 0.25) is 5.02 Å². The topological polar surface area (TPSA) is 85.6 Å². The summed E-state index contributed by atoms with van der Waals surface area (Å²) in [6.07, 6.45) is 1.47. The Hall–Kier alpha value is -2.84. The number of nitrogens with zero attached hydrogens (tertiary/aromatic N) is 5. The highest BCUT2D eigenvalue weighted by molar-refractivity contribution is 7.22. The Morgan fingerprint density at radius 1 is 1.21 bits per heavy atom. The largest absolute Gasteiger partial charge is 0.298 e. The average Bonchev–Trinajstić information content (AvgIpc) is 3.23. The van der Waals surface area contributed by atoms with Gasteiger partial charge >= 0.3 is 0 Å². The molecule has 0 saturated heterocycles. The van der Waals surface area contributed by atoms with Gasteiger partial charge < -0.3 is 0 Å². The van der Waals surface area contributed by atoms with Crippen LogP contribution in [0, 0.1) is 0 Å². The Balaban J connectivity index is 1.60. The maximum atomic E-state index is 12.4. The van der Waals surface area contributed by atoms with Gasteiger partial charge in [-0.3, -0.25) is 10.1 Å². The lowest BCUT2D eigenvalue weighted by Gasteiger charge is -2.04. The Labute approximate surface area is 144 Å². The van der Waals surface area contributed by atoms with Crippen molar-refractivity contribution in [2.24, 2.45) is 0 Å². The lowest BCUT2D eigenvalue weighted by molar-refractivity contribution is 0.102. The number of thiazole rings is 1. The number of rotatable bonds is 3. The summed E-state index contributed by atoms with van der Waals surface area (Å²) in [7, 11) is 0. The average molecular weight is 357 g/mol. The highest BCUT2D eigenvalue weighted by Crippen LogP contribution is 2.28. The van der Waals surface area contributed by atoms with E-state index in [0.717, 1.165) is 10.2 Å². The summed E-state index contributed by atoms with van der Waals surface area (Å²) < 4.78 is 2.40. The van der Waals surface area contributed by atoms with E-state index < -0.39 is 0 Å². The van der Waals surface area contributed by atoms with Crippen molar-refractivity contribution in [3.05, 3.63) is 59.4 Å². The number of anilines is 1. The number of carbonyl (C=O) groups is 1. The van der Waals surface area contributed by atoms with Crippen molar-refractivity contribution < 1.29 is 4.79 Å². The van der Waals surface area contributed by atoms with E-state index in [4.69, 9.17) is 11.6 Å². The van der Waals surface area contributed by atoms with Crippen molar-refractivity contribution in [3.8, 4) is 5.69 Å². The van der Waals surface area contributed by atoms with E-state index >= 15 is 0 Å². The van der Waals surface area contributed by atoms with Crippen molar-refractivity contribution >= 4 is 44.2 Å². The van der Waals surface area contributed by atoms with Crippen LogP contribution in [-0.4, -0.2) is 31.1 Å². The summed E-state index contributed by atoms with van der Waals surface area (Å²) in [5.74, 6) is -0.255. The third-order valence-electron chi connectivity index (χ3n) is 3.29. The molecule has 24 heavy (non-hydrogen) atoms. The molecule has 4 rings (SSSR count). The molecule has 0 unspecified atom stereocenters. The van der Waals surface area contributed by atoms with E-state index in [1.54, 1.807) is 24.3 Å². The molecule has 0 atom stereocenters. The summed E-state index contributed by atoms with van der Waals surface area (Å²) in [6.45, 7) is 0. The van der Waals surface area contributed by atoms with Crippen LogP contribution < -0.4 is 5.32 Å². The second-order valence-electron chi connectivity index (χ2n) is 4.89. The van der Waals surface area contributed by atoms with Gasteiger partial charge in [-0.15, -0.1) is 5.10 Å². The smallest absolute Gasteiger partial charge is 0.257 e. The highest BCUT2D eigenvalue weighted by Gasteiger charge is 2.11. The summed E-state index contributed by atoms with van der Waals surface area (Å²) >= 11 is 7.34. The number of aromatic nitrogens is 5. The van der Waals surface area contributed by atoms with Crippen LogP contribution in [-0.2, 0) is 0 Å². The van der Waals surface area contributed by atoms with Crippen molar-refractivity contribution in [3.63, 3.8) is 0 Å². The molecule has 4 aromatic rings. The fourth-order valence-corrected chi connectivity index (χ4v) is 3.33. The first-order valence-corrected chi connectivity index (χ1v) is 8.09. The van der Waals surface area contributed by atoms with Crippen molar-refractivity contribution in [1.29, 1.82) is 0 Å². The quantitative estimate of drug-likeness (QED) is 0.609. The highest BCUT2D eigenvalue weighted by atomic mass is 35.5. The van der Waals surface area contributed by atoms with Crippen LogP contribution in [0.4, 0.5) is 5.13 Å². The molecule has 0 spiro atoms. The predicted octanol–water partition coefficient (Wildman–Crippen LogP) is 3.18.